The number of nitrogens with one attached hydrogen (secondary N) is 1. The molecule has 0 radical (unpaired) electrons. The number of hydrogen-bond acceptors (Lipinski definition) is 3. The van der Waals surface area contributed by atoms with E-state index in [1.807, 2.05) is 0 Å². The Labute approximate surface area is 105 Å². The molecule has 0 aliphatic rings. The molecule has 100 valence electrons. The number of rotatable bonds is 6. The number of carboxylic acid groups (broad SMARTS) is 1. The van der Waals surface area contributed by atoms with Crippen molar-refractivity contribution in [1.82, 2.24) is 4.72 Å². The molecule has 7 heteroatoms. The first-order valence-electron chi connectivity index (χ1n) is 5.35. The minimum atomic E-state index is -3.80. The van der Waals surface area contributed by atoms with Crippen molar-refractivity contribution in [2.45, 2.75) is 18.2 Å². The van der Waals surface area contributed by atoms with Crippen LogP contribution in [0.25, 0.3) is 0 Å². The third kappa shape index (κ3) is 3.78. The Kier molecular flexibility index (Phi) is 4.80. The Morgan fingerprint density at radius 3 is 2.39 bits per heavy atom. The molecule has 0 spiro atoms. The maximum Gasteiger partial charge on any atom is 0.307 e. The van der Waals surface area contributed by atoms with Crippen molar-refractivity contribution in [3.63, 3.8) is 0 Å². The van der Waals surface area contributed by atoms with Crippen molar-refractivity contribution in [1.29, 1.82) is 0 Å². The topological polar surface area (TPSA) is 83.5 Å². The van der Waals surface area contributed by atoms with E-state index in [9.17, 15) is 17.6 Å². The monoisotopic (exact) mass is 275 g/mol. The summed E-state index contributed by atoms with van der Waals surface area (Å²) in [6, 6.07) is 4.31. The number of halogens is 1. The van der Waals surface area contributed by atoms with Gasteiger partial charge >= 0.3 is 5.97 Å². The van der Waals surface area contributed by atoms with Crippen LogP contribution in [0.15, 0.2) is 29.2 Å². The third-order valence-corrected chi connectivity index (χ3v) is 3.93. The average molecular weight is 275 g/mol. The molecule has 2 N–H and O–H groups in total. The van der Waals surface area contributed by atoms with Crippen LogP contribution in [0.4, 0.5) is 4.39 Å². The molecule has 0 fully saturated rings. The molecule has 0 aliphatic heterocycles. The summed E-state index contributed by atoms with van der Waals surface area (Å²) in [6.07, 6.45) is 0.321. The molecule has 0 bridgehead atoms. The van der Waals surface area contributed by atoms with Crippen molar-refractivity contribution in [3.05, 3.63) is 30.1 Å². The fraction of sp³-hybridized carbons (Fsp3) is 0.364. The van der Waals surface area contributed by atoms with Crippen molar-refractivity contribution >= 4 is 16.0 Å². The van der Waals surface area contributed by atoms with Gasteiger partial charge in [-0.2, -0.15) is 0 Å². The van der Waals surface area contributed by atoms with Gasteiger partial charge in [0.1, 0.15) is 5.82 Å². The maximum absolute atomic E-state index is 12.7. The van der Waals surface area contributed by atoms with Crippen LogP contribution in [0.3, 0.4) is 0 Å². The normalized spacial score (nSPS) is 13.2. The highest BCUT2D eigenvalue weighted by atomic mass is 32.2. The quantitative estimate of drug-likeness (QED) is 0.817. The van der Waals surface area contributed by atoms with Crippen LogP contribution in [-0.2, 0) is 14.8 Å². The van der Waals surface area contributed by atoms with E-state index >= 15 is 0 Å². The van der Waals surface area contributed by atoms with Crippen LogP contribution in [0.5, 0.6) is 0 Å². The van der Waals surface area contributed by atoms with Crippen LogP contribution in [-0.4, -0.2) is 26.0 Å². The minimum absolute atomic E-state index is 0.0934. The Morgan fingerprint density at radius 2 is 1.94 bits per heavy atom. The number of benzene rings is 1. The Morgan fingerprint density at radius 1 is 1.39 bits per heavy atom. The minimum Gasteiger partial charge on any atom is -0.481 e. The van der Waals surface area contributed by atoms with Crippen LogP contribution >= 0.6 is 0 Å². The van der Waals surface area contributed by atoms with Gasteiger partial charge in [-0.25, -0.2) is 17.5 Å². The molecule has 0 aromatic heterocycles. The SMILES string of the molecule is CCC(CNS(=O)(=O)c1ccc(F)cc1)C(=O)O. The predicted octanol–water partition coefficient (Wildman–Crippen LogP) is 1.21. The highest BCUT2D eigenvalue weighted by Crippen LogP contribution is 2.10. The van der Waals surface area contributed by atoms with E-state index < -0.39 is 27.7 Å². The van der Waals surface area contributed by atoms with E-state index in [-0.39, 0.29) is 11.4 Å². The first-order valence-corrected chi connectivity index (χ1v) is 6.83. The molecule has 1 unspecified atom stereocenters. The van der Waals surface area contributed by atoms with Crippen molar-refractivity contribution < 1.29 is 22.7 Å². The lowest BCUT2D eigenvalue weighted by Crippen LogP contribution is -2.32. The zero-order valence-electron chi connectivity index (χ0n) is 9.76. The van der Waals surface area contributed by atoms with Gasteiger partial charge in [0.15, 0.2) is 0 Å². The van der Waals surface area contributed by atoms with Gasteiger partial charge in [-0.3, -0.25) is 4.79 Å². The molecule has 0 saturated carbocycles. The summed E-state index contributed by atoms with van der Waals surface area (Å²) in [4.78, 5) is 10.7. The van der Waals surface area contributed by atoms with Crippen LogP contribution in [0.1, 0.15) is 13.3 Å². The molecule has 1 atom stereocenters. The first-order chi connectivity index (χ1) is 8.36. The third-order valence-electron chi connectivity index (χ3n) is 2.49. The molecule has 5 nitrogen and oxygen atoms in total. The van der Waals surface area contributed by atoms with Crippen molar-refractivity contribution in [2.75, 3.05) is 6.54 Å². The second-order valence-corrected chi connectivity index (χ2v) is 5.52. The van der Waals surface area contributed by atoms with Crippen LogP contribution in [0.2, 0.25) is 0 Å². The largest absolute Gasteiger partial charge is 0.481 e. The molecule has 0 aliphatic carbocycles. The lowest BCUT2D eigenvalue weighted by atomic mass is 10.1. The standard InChI is InChI=1S/C11H14FNO4S/c1-2-8(11(14)15)7-13-18(16,17)10-5-3-9(12)4-6-10/h3-6,8,13H,2,7H2,1H3,(H,14,15). The van der Waals surface area contributed by atoms with Gasteiger partial charge in [0, 0.05) is 6.54 Å². The van der Waals surface area contributed by atoms with Crippen molar-refractivity contribution in [2.24, 2.45) is 5.92 Å². The van der Waals surface area contributed by atoms with E-state index in [0.29, 0.717) is 6.42 Å². The fourth-order valence-corrected chi connectivity index (χ4v) is 2.40. The molecule has 0 amide bonds. The summed E-state index contributed by atoms with van der Waals surface area (Å²) in [5.74, 6) is -2.37. The molecule has 1 aromatic carbocycles. The number of sulfonamides is 1. The summed E-state index contributed by atoms with van der Waals surface area (Å²) >= 11 is 0. The summed E-state index contributed by atoms with van der Waals surface area (Å²) < 4.78 is 38.4. The number of carboxylic acids is 1. The summed E-state index contributed by atoms with van der Waals surface area (Å²) in [7, 11) is -3.80. The molecular formula is C11H14FNO4S. The van der Waals surface area contributed by atoms with E-state index in [2.05, 4.69) is 4.72 Å². The molecule has 0 saturated heterocycles. The first kappa shape index (κ1) is 14.6. The highest BCUT2D eigenvalue weighted by Gasteiger charge is 2.20. The lowest BCUT2D eigenvalue weighted by Gasteiger charge is -2.11. The molecular weight excluding hydrogens is 261 g/mol. The number of hydrogen-bond donors (Lipinski definition) is 2. The van der Waals surface area contributed by atoms with E-state index in [1.54, 1.807) is 6.92 Å². The van der Waals surface area contributed by atoms with E-state index in [4.69, 9.17) is 5.11 Å². The molecule has 1 aromatic rings. The van der Waals surface area contributed by atoms with E-state index in [0.717, 1.165) is 24.3 Å². The highest BCUT2D eigenvalue weighted by molar-refractivity contribution is 7.89. The van der Waals surface area contributed by atoms with Gasteiger partial charge in [0.05, 0.1) is 10.8 Å². The van der Waals surface area contributed by atoms with Gasteiger partial charge in [0.25, 0.3) is 0 Å². The lowest BCUT2D eigenvalue weighted by molar-refractivity contribution is -0.141. The predicted molar refractivity (Wildman–Crippen MR) is 63.0 cm³/mol. The second kappa shape index (κ2) is 5.92. The van der Waals surface area contributed by atoms with Crippen LogP contribution in [0, 0.1) is 11.7 Å². The van der Waals surface area contributed by atoms with Gasteiger partial charge in [-0.05, 0) is 30.7 Å². The molecule has 18 heavy (non-hydrogen) atoms. The summed E-state index contributed by atoms with van der Waals surface area (Å²) in [5.41, 5.74) is 0. The summed E-state index contributed by atoms with van der Waals surface area (Å²) in [6.45, 7) is 1.47. The average Bonchev–Trinajstić information content (AvgIpc) is 2.29. The number of carbonyl (C=O) groups is 1. The van der Waals surface area contributed by atoms with Crippen molar-refractivity contribution in [3.8, 4) is 0 Å². The van der Waals surface area contributed by atoms with Crippen LogP contribution < -0.4 is 4.72 Å². The van der Waals surface area contributed by atoms with Gasteiger partial charge in [-0.15, -0.1) is 0 Å². The maximum atomic E-state index is 12.7. The van der Waals surface area contributed by atoms with E-state index in [1.165, 1.54) is 0 Å². The van der Waals surface area contributed by atoms with Gasteiger partial charge < -0.3 is 5.11 Å². The zero-order chi connectivity index (χ0) is 13.8. The molecule has 0 heterocycles. The second-order valence-electron chi connectivity index (χ2n) is 3.75. The van der Waals surface area contributed by atoms with Gasteiger partial charge in [0.2, 0.25) is 10.0 Å². The Hall–Kier alpha value is -1.47. The Bertz CT molecular complexity index is 512. The molecule has 1 rings (SSSR count). The fourth-order valence-electron chi connectivity index (χ4n) is 1.31. The zero-order valence-corrected chi connectivity index (χ0v) is 10.6. The smallest absolute Gasteiger partial charge is 0.307 e. The Balaban J connectivity index is 2.76. The number of aliphatic carboxylic acids is 1. The summed E-state index contributed by atoms with van der Waals surface area (Å²) in [5, 5.41) is 8.79. The van der Waals surface area contributed by atoms with Gasteiger partial charge in [-0.1, -0.05) is 6.92 Å².